The van der Waals surface area contributed by atoms with Gasteiger partial charge in [0.25, 0.3) is 0 Å². The van der Waals surface area contributed by atoms with E-state index in [1.54, 1.807) is 12.0 Å². The number of nitrogens with zero attached hydrogens (tertiary/aromatic N) is 2. The fourth-order valence-corrected chi connectivity index (χ4v) is 2.46. The van der Waals surface area contributed by atoms with Gasteiger partial charge in [0, 0.05) is 26.7 Å². The molecule has 1 atom stereocenters. The van der Waals surface area contributed by atoms with Gasteiger partial charge in [0.1, 0.15) is 11.8 Å². The molecule has 1 saturated heterocycles. The summed E-state index contributed by atoms with van der Waals surface area (Å²) >= 11 is 0. The number of carbonyl (C=O) groups excluding carboxylic acids is 1. The van der Waals surface area contributed by atoms with Crippen LogP contribution >= 0.6 is 0 Å². The predicted octanol–water partition coefficient (Wildman–Crippen LogP) is 0.562. The Morgan fingerprint density at radius 3 is 2.79 bits per heavy atom. The number of carbonyl (C=O) groups is 1. The Labute approximate surface area is 114 Å². The number of likely N-dealkylation sites (N-methyl/N-ethyl adjacent to an activating group) is 2. The van der Waals surface area contributed by atoms with Crippen LogP contribution < -0.4 is 15.0 Å². The van der Waals surface area contributed by atoms with Crippen molar-refractivity contribution in [1.29, 1.82) is 0 Å². The first-order chi connectivity index (χ1) is 9.19. The van der Waals surface area contributed by atoms with Crippen molar-refractivity contribution in [2.45, 2.75) is 6.04 Å². The van der Waals surface area contributed by atoms with E-state index in [1.807, 2.05) is 38.4 Å². The summed E-state index contributed by atoms with van der Waals surface area (Å²) in [5.74, 6) is 0.951. The van der Waals surface area contributed by atoms with Gasteiger partial charge in [-0.25, -0.2) is 0 Å². The summed E-state index contributed by atoms with van der Waals surface area (Å²) in [5.41, 5.74) is 0.978. The van der Waals surface area contributed by atoms with E-state index in [2.05, 4.69) is 10.2 Å². The molecular formula is C14H21N3O2. The predicted molar refractivity (Wildman–Crippen MR) is 75.7 cm³/mol. The number of para-hydroxylation sites is 2. The van der Waals surface area contributed by atoms with E-state index >= 15 is 0 Å². The second-order valence-electron chi connectivity index (χ2n) is 4.70. The third kappa shape index (κ3) is 2.66. The third-order valence-electron chi connectivity index (χ3n) is 3.51. The van der Waals surface area contributed by atoms with E-state index in [1.165, 1.54) is 0 Å². The molecule has 1 unspecified atom stereocenters. The molecule has 1 aromatic carbocycles. The smallest absolute Gasteiger partial charge is 0.246 e. The first kappa shape index (κ1) is 13.7. The monoisotopic (exact) mass is 263 g/mol. The molecule has 5 heteroatoms. The molecule has 0 saturated carbocycles. The second-order valence-corrected chi connectivity index (χ2v) is 4.70. The quantitative estimate of drug-likeness (QED) is 0.862. The SMILES string of the molecule is CNCC1C(=O)N(C)CCN1c1ccccc1OC. The number of anilines is 1. The summed E-state index contributed by atoms with van der Waals surface area (Å²) in [7, 11) is 5.37. The topological polar surface area (TPSA) is 44.8 Å². The van der Waals surface area contributed by atoms with Gasteiger partial charge in [-0.3, -0.25) is 4.79 Å². The molecule has 0 bridgehead atoms. The maximum atomic E-state index is 12.3. The van der Waals surface area contributed by atoms with Crippen molar-refractivity contribution in [3.8, 4) is 5.75 Å². The molecule has 5 nitrogen and oxygen atoms in total. The number of hydrogen-bond acceptors (Lipinski definition) is 4. The van der Waals surface area contributed by atoms with E-state index in [0.717, 1.165) is 24.5 Å². The average Bonchev–Trinajstić information content (AvgIpc) is 2.44. The van der Waals surface area contributed by atoms with Crippen LogP contribution in [0.5, 0.6) is 5.75 Å². The average molecular weight is 263 g/mol. The number of benzene rings is 1. The molecule has 1 amide bonds. The summed E-state index contributed by atoms with van der Waals surface area (Å²) < 4.78 is 5.40. The fourth-order valence-electron chi connectivity index (χ4n) is 2.46. The highest BCUT2D eigenvalue weighted by molar-refractivity contribution is 5.87. The minimum atomic E-state index is -0.181. The van der Waals surface area contributed by atoms with Crippen molar-refractivity contribution in [3.05, 3.63) is 24.3 Å². The second kappa shape index (κ2) is 5.93. The van der Waals surface area contributed by atoms with Crippen LogP contribution in [0.3, 0.4) is 0 Å². The Morgan fingerprint density at radius 1 is 1.37 bits per heavy atom. The maximum Gasteiger partial charge on any atom is 0.246 e. The molecule has 1 N–H and O–H groups in total. The van der Waals surface area contributed by atoms with Crippen LogP contribution in [0.2, 0.25) is 0 Å². The summed E-state index contributed by atoms with van der Waals surface area (Å²) in [4.78, 5) is 16.2. The van der Waals surface area contributed by atoms with E-state index in [9.17, 15) is 4.79 Å². The summed E-state index contributed by atoms with van der Waals surface area (Å²) in [6, 6.07) is 7.65. The molecular weight excluding hydrogens is 242 g/mol. The molecule has 1 aliphatic rings. The minimum absolute atomic E-state index is 0.145. The van der Waals surface area contributed by atoms with Gasteiger partial charge in [-0.15, -0.1) is 0 Å². The van der Waals surface area contributed by atoms with E-state index in [4.69, 9.17) is 4.74 Å². The van der Waals surface area contributed by atoms with Crippen LogP contribution in [0.25, 0.3) is 0 Å². The summed E-state index contributed by atoms with van der Waals surface area (Å²) in [5, 5.41) is 3.10. The largest absolute Gasteiger partial charge is 0.495 e. The first-order valence-corrected chi connectivity index (χ1v) is 6.48. The minimum Gasteiger partial charge on any atom is -0.495 e. The summed E-state index contributed by atoms with van der Waals surface area (Å²) in [6.07, 6.45) is 0. The number of rotatable bonds is 4. The molecule has 1 fully saturated rings. The molecule has 104 valence electrons. The molecule has 0 spiro atoms. The number of piperazine rings is 1. The Balaban J connectivity index is 2.33. The highest BCUT2D eigenvalue weighted by atomic mass is 16.5. The van der Waals surface area contributed by atoms with Crippen molar-refractivity contribution >= 4 is 11.6 Å². The number of hydrogen-bond donors (Lipinski definition) is 1. The van der Waals surface area contributed by atoms with Gasteiger partial charge in [0.2, 0.25) is 5.91 Å². The van der Waals surface area contributed by atoms with Crippen molar-refractivity contribution in [2.24, 2.45) is 0 Å². The van der Waals surface area contributed by atoms with Crippen molar-refractivity contribution in [2.75, 3.05) is 45.7 Å². The molecule has 2 rings (SSSR count). The number of methoxy groups -OCH3 is 1. The van der Waals surface area contributed by atoms with Gasteiger partial charge in [-0.2, -0.15) is 0 Å². The Hall–Kier alpha value is -1.75. The lowest BCUT2D eigenvalue weighted by molar-refractivity contribution is -0.132. The molecule has 1 heterocycles. The standard InChI is InChI=1S/C14H21N3O2/c1-15-10-12-14(18)16(2)8-9-17(12)11-6-4-5-7-13(11)19-3/h4-7,12,15H,8-10H2,1-3H3. The normalized spacial score (nSPS) is 19.7. The molecule has 0 radical (unpaired) electrons. The van der Waals surface area contributed by atoms with Gasteiger partial charge >= 0.3 is 0 Å². The highest BCUT2D eigenvalue weighted by Gasteiger charge is 2.33. The zero-order chi connectivity index (χ0) is 13.8. The maximum absolute atomic E-state index is 12.3. The lowest BCUT2D eigenvalue weighted by atomic mass is 10.1. The van der Waals surface area contributed by atoms with Gasteiger partial charge in [-0.05, 0) is 19.2 Å². The molecule has 0 aromatic heterocycles. The molecule has 19 heavy (non-hydrogen) atoms. The van der Waals surface area contributed by atoms with Gasteiger partial charge in [0.15, 0.2) is 0 Å². The van der Waals surface area contributed by atoms with Crippen LogP contribution in [0, 0.1) is 0 Å². The van der Waals surface area contributed by atoms with Gasteiger partial charge < -0.3 is 19.9 Å². The Morgan fingerprint density at radius 2 is 2.11 bits per heavy atom. The van der Waals surface area contributed by atoms with Crippen molar-refractivity contribution in [1.82, 2.24) is 10.2 Å². The fraction of sp³-hybridized carbons (Fsp3) is 0.500. The lowest BCUT2D eigenvalue weighted by Crippen LogP contribution is -2.59. The zero-order valence-electron chi connectivity index (χ0n) is 11.7. The number of nitrogens with one attached hydrogen (secondary N) is 1. The molecule has 0 aliphatic carbocycles. The Bertz CT molecular complexity index is 450. The van der Waals surface area contributed by atoms with Crippen LogP contribution in [-0.4, -0.2) is 57.7 Å². The Kier molecular flexibility index (Phi) is 4.27. The lowest BCUT2D eigenvalue weighted by Gasteiger charge is -2.40. The third-order valence-corrected chi connectivity index (χ3v) is 3.51. The molecule has 1 aromatic rings. The van der Waals surface area contributed by atoms with Crippen molar-refractivity contribution < 1.29 is 9.53 Å². The van der Waals surface area contributed by atoms with Crippen LogP contribution in [-0.2, 0) is 4.79 Å². The zero-order valence-corrected chi connectivity index (χ0v) is 11.7. The van der Waals surface area contributed by atoms with Crippen LogP contribution in [0.15, 0.2) is 24.3 Å². The van der Waals surface area contributed by atoms with E-state index in [0.29, 0.717) is 6.54 Å². The number of ether oxygens (including phenoxy) is 1. The molecule has 1 aliphatic heterocycles. The van der Waals surface area contributed by atoms with Gasteiger partial charge in [0.05, 0.1) is 12.8 Å². The first-order valence-electron chi connectivity index (χ1n) is 6.48. The van der Waals surface area contributed by atoms with E-state index in [-0.39, 0.29) is 11.9 Å². The van der Waals surface area contributed by atoms with Crippen LogP contribution in [0.4, 0.5) is 5.69 Å². The van der Waals surface area contributed by atoms with E-state index < -0.39 is 0 Å². The highest BCUT2D eigenvalue weighted by Crippen LogP contribution is 2.30. The van der Waals surface area contributed by atoms with Crippen molar-refractivity contribution in [3.63, 3.8) is 0 Å². The van der Waals surface area contributed by atoms with Crippen LogP contribution in [0.1, 0.15) is 0 Å². The van der Waals surface area contributed by atoms with Gasteiger partial charge in [-0.1, -0.05) is 12.1 Å². The summed E-state index contributed by atoms with van der Waals surface area (Å²) in [6.45, 7) is 2.17. The number of amides is 1.